The van der Waals surface area contributed by atoms with E-state index < -0.39 is 0 Å². The Labute approximate surface area is 62.3 Å². The number of nitrogens with one attached hydrogen (secondary N) is 1. The Morgan fingerprint density at radius 1 is 1.56 bits per heavy atom. The highest BCUT2D eigenvalue weighted by Crippen LogP contribution is 1.69. The minimum absolute atomic E-state index is 0. The van der Waals surface area contributed by atoms with E-state index in [0.717, 1.165) is 19.5 Å². The molecule has 0 aliphatic carbocycles. The molecule has 58 valence electrons. The smallest absolute Gasteiger partial charge is 0.0653 e. The predicted octanol–water partition coefficient (Wildman–Crippen LogP) is 0.298. The lowest BCUT2D eigenvalue weighted by Gasteiger charge is -1.99. The minimum atomic E-state index is 0. The van der Waals surface area contributed by atoms with Crippen molar-refractivity contribution in [1.82, 2.24) is 5.48 Å². The van der Waals surface area contributed by atoms with Crippen LogP contribution in [0.15, 0.2) is 0 Å². The van der Waals surface area contributed by atoms with Gasteiger partial charge in [0.25, 0.3) is 0 Å². The Hall–Kier alpha value is 0.170. The lowest BCUT2D eigenvalue weighted by atomic mass is 10.4. The molecule has 0 aliphatic heterocycles. The Morgan fingerprint density at radius 3 is 2.67 bits per heavy atom. The maximum absolute atomic E-state index is 5.22. The molecular formula is C5H15ClN2O. The van der Waals surface area contributed by atoms with Crippen molar-refractivity contribution in [1.29, 1.82) is 0 Å². The molecule has 0 heterocycles. The van der Waals surface area contributed by atoms with E-state index in [9.17, 15) is 0 Å². The van der Waals surface area contributed by atoms with E-state index in [1.165, 1.54) is 0 Å². The van der Waals surface area contributed by atoms with Crippen molar-refractivity contribution in [2.75, 3.05) is 19.7 Å². The molecule has 0 spiro atoms. The summed E-state index contributed by atoms with van der Waals surface area (Å²) < 4.78 is 0. The second-order valence-corrected chi connectivity index (χ2v) is 1.47. The van der Waals surface area contributed by atoms with Gasteiger partial charge in [0.05, 0.1) is 6.61 Å². The molecule has 0 fully saturated rings. The SMILES string of the molecule is CCONCCCN.Cl. The fourth-order valence-electron chi connectivity index (χ4n) is 0.348. The van der Waals surface area contributed by atoms with Crippen molar-refractivity contribution in [3.63, 3.8) is 0 Å². The van der Waals surface area contributed by atoms with Crippen LogP contribution in [0.3, 0.4) is 0 Å². The molecule has 0 aromatic carbocycles. The van der Waals surface area contributed by atoms with Gasteiger partial charge in [0.2, 0.25) is 0 Å². The highest BCUT2D eigenvalue weighted by atomic mass is 35.5. The largest absolute Gasteiger partial charge is 0.330 e. The summed E-state index contributed by atoms with van der Waals surface area (Å²) in [7, 11) is 0. The highest BCUT2D eigenvalue weighted by Gasteiger charge is 1.80. The summed E-state index contributed by atoms with van der Waals surface area (Å²) in [5.74, 6) is 0. The monoisotopic (exact) mass is 154 g/mol. The molecule has 0 aromatic rings. The van der Waals surface area contributed by atoms with E-state index in [4.69, 9.17) is 10.6 Å². The molecule has 0 saturated heterocycles. The highest BCUT2D eigenvalue weighted by molar-refractivity contribution is 5.85. The van der Waals surface area contributed by atoms with Crippen LogP contribution in [0.4, 0.5) is 0 Å². The second-order valence-electron chi connectivity index (χ2n) is 1.47. The molecule has 0 atom stereocenters. The van der Waals surface area contributed by atoms with E-state index in [0.29, 0.717) is 6.61 Å². The first-order chi connectivity index (χ1) is 3.91. The Morgan fingerprint density at radius 2 is 2.22 bits per heavy atom. The average Bonchev–Trinajstić information content (AvgIpc) is 1.81. The van der Waals surface area contributed by atoms with Crippen molar-refractivity contribution >= 4 is 12.4 Å². The van der Waals surface area contributed by atoms with Gasteiger partial charge in [0.15, 0.2) is 0 Å². The molecule has 0 radical (unpaired) electrons. The third-order valence-corrected chi connectivity index (χ3v) is 0.729. The first-order valence-electron chi connectivity index (χ1n) is 2.96. The van der Waals surface area contributed by atoms with Gasteiger partial charge in [-0.25, -0.2) is 5.48 Å². The number of hydrogen-bond acceptors (Lipinski definition) is 3. The lowest BCUT2D eigenvalue weighted by molar-refractivity contribution is 0.0508. The molecule has 0 unspecified atom stereocenters. The number of hydrogen-bond donors (Lipinski definition) is 2. The third kappa shape index (κ3) is 11.6. The number of halogens is 1. The van der Waals surface area contributed by atoms with Crippen molar-refractivity contribution in [2.24, 2.45) is 5.73 Å². The fourth-order valence-corrected chi connectivity index (χ4v) is 0.348. The Balaban J connectivity index is 0. The molecule has 0 amide bonds. The molecule has 0 saturated carbocycles. The molecule has 0 aromatic heterocycles. The first kappa shape index (κ1) is 11.9. The minimum Gasteiger partial charge on any atom is -0.330 e. The van der Waals surface area contributed by atoms with Gasteiger partial charge in [-0.1, -0.05) is 0 Å². The van der Waals surface area contributed by atoms with Gasteiger partial charge in [0, 0.05) is 6.54 Å². The van der Waals surface area contributed by atoms with Crippen LogP contribution < -0.4 is 11.2 Å². The van der Waals surface area contributed by atoms with Crippen molar-refractivity contribution < 1.29 is 4.84 Å². The summed E-state index contributed by atoms with van der Waals surface area (Å²) in [6.45, 7) is 4.23. The van der Waals surface area contributed by atoms with E-state index >= 15 is 0 Å². The van der Waals surface area contributed by atoms with Gasteiger partial charge in [-0.2, -0.15) is 0 Å². The van der Waals surface area contributed by atoms with Gasteiger partial charge < -0.3 is 10.6 Å². The summed E-state index contributed by atoms with van der Waals surface area (Å²) in [6.07, 6.45) is 0.972. The fraction of sp³-hybridized carbons (Fsp3) is 1.00. The average molecular weight is 155 g/mol. The maximum atomic E-state index is 5.22. The van der Waals surface area contributed by atoms with Gasteiger partial charge in [0.1, 0.15) is 0 Å². The molecule has 3 N–H and O–H groups in total. The van der Waals surface area contributed by atoms with Gasteiger partial charge in [-0.3, -0.25) is 0 Å². The van der Waals surface area contributed by atoms with Crippen LogP contribution in [0.1, 0.15) is 13.3 Å². The summed E-state index contributed by atoms with van der Waals surface area (Å²) >= 11 is 0. The topological polar surface area (TPSA) is 47.3 Å². The molecule has 3 nitrogen and oxygen atoms in total. The number of rotatable bonds is 5. The molecular weight excluding hydrogens is 140 g/mol. The zero-order valence-electron chi connectivity index (χ0n) is 5.72. The second kappa shape index (κ2) is 11.0. The molecule has 4 heteroatoms. The Kier molecular flexibility index (Phi) is 14.6. The van der Waals surface area contributed by atoms with Crippen LogP contribution in [0, 0.1) is 0 Å². The lowest BCUT2D eigenvalue weighted by Crippen LogP contribution is -2.18. The van der Waals surface area contributed by atoms with E-state index in [1.807, 2.05) is 6.92 Å². The zero-order chi connectivity index (χ0) is 6.24. The molecule has 0 rings (SSSR count). The van der Waals surface area contributed by atoms with Crippen LogP contribution in [-0.2, 0) is 4.84 Å². The maximum Gasteiger partial charge on any atom is 0.0653 e. The summed E-state index contributed by atoms with van der Waals surface area (Å²) in [6, 6.07) is 0. The zero-order valence-corrected chi connectivity index (χ0v) is 6.54. The normalized spacial score (nSPS) is 8.67. The van der Waals surface area contributed by atoms with Crippen molar-refractivity contribution in [3.05, 3.63) is 0 Å². The quantitative estimate of drug-likeness (QED) is 0.442. The van der Waals surface area contributed by atoms with Crippen LogP contribution in [0.2, 0.25) is 0 Å². The van der Waals surface area contributed by atoms with Crippen LogP contribution in [0.5, 0.6) is 0 Å². The number of hydroxylamine groups is 1. The van der Waals surface area contributed by atoms with Crippen molar-refractivity contribution in [2.45, 2.75) is 13.3 Å². The molecule has 0 bridgehead atoms. The van der Waals surface area contributed by atoms with E-state index in [2.05, 4.69) is 5.48 Å². The predicted molar refractivity (Wildman–Crippen MR) is 40.5 cm³/mol. The molecule has 0 aliphatic rings. The summed E-state index contributed by atoms with van der Waals surface area (Å²) in [4.78, 5) is 4.83. The summed E-state index contributed by atoms with van der Waals surface area (Å²) in [5.41, 5.74) is 7.97. The van der Waals surface area contributed by atoms with Gasteiger partial charge in [-0.15, -0.1) is 12.4 Å². The Bertz CT molecular complexity index is 39.9. The van der Waals surface area contributed by atoms with Gasteiger partial charge in [-0.05, 0) is 19.9 Å². The third-order valence-electron chi connectivity index (χ3n) is 0.729. The van der Waals surface area contributed by atoms with Crippen LogP contribution in [0.25, 0.3) is 0 Å². The first-order valence-corrected chi connectivity index (χ1v) is 2.96. The summed E-state index contributed by atoms with van der Waals surface area (Å²) in [5, 5.41) is 0. The van der Waals surface area contributed by atoms with Crippen LogP contribution in [-0.4, -0.2) is 19.7 Å². The van der Waals surface area contributed by atoms with E-state index in [-0.39, 0.29) is 12.4 Å². The van der Waals surface area contributed by atoms with Crippen molar-refractivity contribution in [3.8, 4) is 0 Å². The molecule has 9 heavy (non-hydrogen) atoms. The number of nitrogens with two attached hydrogens (primary N) is 1. The van der Waals surface area contributed by atoms with Crippen LogP contribution >= 0.6 is 12.4 Å². The van der Waals surface area contributed by atoms with E-state index in [1.54, 1.807) is 0 Å². The standard InChI is InChI=1S/C5H14N2O.ClH/c1-2-8-7-5-3-4-6;/h7H,2-6H2,1H3;1H. The van der Waals surface area contributed by atoms with Gasteiger partial charge >= 0.3 is 0 Å².